The number of rotatable bonds is 8. The number of nitrogens with zero attached hydrogens (tertiary/aromatic N) is 8. The number of aryl methyl sites for hydroxylation is 6. The Morgan fingerprint density at radius 1 is 0.981 bits per heavy atom. The minimum absolute atomic E-state index is 0.0617. The van der Waals surface area contributed by atoms with Gasteiger partial charge in [-0.1, -0.05) is 41.4 Å². The maximum Gasteiger partial charge on any atom is 0.275 e. The van der Waals surface area contributed by atoms with Crippen molar-refractivity contribution in [2.24, 2.45) is 14.1 Å². The molecule has 0 spiro atoms. The second-order valence-electron chi connectivity index (χ2n) is 13.8. The molecule has 1 N–H and O–H groups in total. The van der Waals surface area contributed by atoms with E-state index in [1.807, 2.05) is 91.6 Å². The molecule has 13 heteroatoms. The Hall–Kier alpha value is -5.13. The van der Waals surface area contributed by atoms with Crippen LogP contribution in [0.25, 0.3) is 44.3 Å². The van der Waals surface area contributed by atoms with Crippen LogP contribution >= 0.6 is 23.2 Å². The highest BCUT2D eigenvalue weighted by Gasteiger charge is 2.38. The first-order chi connectivity index (χ1) is 25.0. The predicted molar refractivity (Wildman–Crippen MR) is 206 cm³/mol. The largest absolute Gasteiger partial charge is 0.494 e. The zero-order chi connectivity index (χ0) is 36.6. The van der Waals surface area contributed by atoms with E-state index in [9.17, 15) is 0 Å². The number of H-pyrrole nitrogens is 1. The number of tetrazole rings is 1. The molecule has 1 amide bonds. The molecule has 266 valence electrons. The molecule has 52 heavy (non-hydrogen) atoms. The first-order valence-electron chi connectivity index (χ1n) is 17.3. The highest BCUT2D eigenvalue weighted by molar-refractivity contribution is 6.35. The van der Waals surface area contributed by atoms with Gasteiger partial charge in [-0.2, -0.15) is 10.3 Å². The van der Waals surface area contributed by atoms with Gasteiger partial charge in [0.2, 0.25) is 5.82 Å². The summed E-state index contributed by atoms with van der Waals surface area (Å²) in [5.74, 6) is 1.22. The van der Waals surface area contributed by atoms with Gasteiger partial charge < -0.3 is 18.8 Å². The van der Waals surface area contributed by atoms with Crippen molar-refractivity contribution in [1.82, 2.24) is 39.5 Å². The molecule has 0 fully saturated rings. The number of fused-ring (bicyclic) bond motifs is 4. The third-order valence-electron chi connectivity index (χ3n) is 10.4. The molecule has 0 aliphatic carbocycles. The van der Waals surface area contributed by atoms with Crippen molar-refractivity contribution < 1.29 is 9.53 Å². The first-order valence-corrected chi connectivity index (χ1v) is 18.1. The molecule has 11 nitrogen and oxygen atoms in total. The number of carbonyl (C=O) groups excluding carboxylic acids is 1. The van der Waals surface area contributed by atoms with Crippen molar-refractivity contribution in [1.29, 1.82) is 0 Å². The highest BCUT2D eigenvalue weighted by Crippen LogP contribution is 2.46. The number of ether oxygens (including phenoxy) is 1. The van der Waals surface area contributed by atoms with E-state index in [4.69, 9.17) is 33.0 Å². The summed E-state index contributed by atoms with van der Waals surface area (Å²) >= 11 is 13.5. The Bertz CT molecular complexity index is 2520. The SMILES string of the molecule is Cc1cc(OCCCc2c3n(c4c(-c5c(C)nn(C)c5C)c(Cl)ccc24)[C@H](C)CN(c2cn(C)c4c(-c5nn[nH]n5)cccc24)C3=O)cc(C)c1Cl. The van der Waals surface area contributed by atoms with E-state index in [0.717, 1.165) is 83.0 Å². The number of halogens is 2. The fraction of sp³-hybridized carbons (Fsp3) is 0.308. The number of aromatic amines is 1. The molecule has 8 rings (SSSR count). The quantitative estimate of drug-likeness (QED) is 0.157. The summed E-state index contributed by atoms with van der Waals surface area (Å²) in [6.07, 6.45) is 3.34. The molecule has 1 aliphatic rings. The number of amides is 1. The highest BCUT2D eigenvalue weighted by atomic mass is 35.5. The van der Waals surface area contributed by atoms with Gasteiger partial charge in [0.05, 0.1) is 34.0 Å². The molecule has 0 radical (unpaired) electrons. The molecule has 5 heterocycles. The molecular weight excluding hydrogens is 697 g/mol. The summed E-state index contributed by atoms with van der Waals surface area (Å²) in [6, 6.07) is 13.9. The van der Waals surface area contributed by atoms with Crippen molar-refractivity contribution in [3.8, 4) is 28.3 Å². The molecule has 1 atom stereocenters. The van der Waals surface area contributed by atoms with Crippen LogP contribution in [-0.4, -0.2) is 58.6 Å². The molecule has 4 aromatic heterocycles. The third kappa shape index (κ3) is 5.28. The molecule has 7 aromatic rings. The minimum atomic E-state index is -0.0784. The maximum absolute atomic E-state index is 15.1. The lowest BCUT2D eigenvalue weighted by Crippen LogP contribution is -2.42. The standard InChI is InChI=1S/C39H39Cl2N9O2/c1-20-16-25(17-21(2)34(20)41)52-15-9-12-26-27-13-14-30(40)33(32-23(4)44-48(7)24(32)5)36(27)50-22(3)18-49(39(51)37(26)50)31-19-47(6)35-28(31)10-8-11-29(35)38-42-45-46-43-38/h8,10-11,13-14,16-17,19,22H,9,12,15,18H2,1-7H3,(H,42,43,45,46)/t22-/m1/s1. The Labute approximate surface area is 311 Å². The number of para-hydroxylation sites is 1. The molecule has 0 saturated heterocycles. The van der Waals surface area contributed by atoms with Crippen LogP contribution in [0.2, 0.25) is 10.0 Å². The summed E-state index contributed by atoms with van der Waals surface area (Å²) in [5.41, 5.74) is 10.9. The number of aromatic nitrogens is 8. The van der Waals surface area contributed by atoms with Gasteiger partial charge in [-0.3, -0.25) is 9.48 Å². The van der Waals surface area contributed by atoms with Crippen LogP contribution in [0.15, 0.2) is 48.7 Å². The lowest BCUT2D eigenvalue weighted by atomic mass is 9.98. The van der Waals surface area contributed by atoms with Crippen LogP contribution in [0.3, 0.4) is 0 Å². The van der Waals surface area contributed by atoms with Crippen LogP contribution in [-0.2, 0) is 20.5 Å². The number of benzene rings is 3. The van der Waals surface area contributed by atoms with Gasteiger partial charge >= 0.3 is 0 Å². The second-order valence-corrected chi connectivity index (χ2v) is 14.6. The molecular formula is C39H39Cl2N9O2. The van der Waals surface area contributed by atoms with E-state index in [0.29, 0.717) is 42.5 Å². The lowest BCUT2D eigenvalue weighted by Gasteiger charge is -2.34. The number of anilines is 1. The van der Waals surface area contributed by atoms with Gasteiger partial charge in [0.25, 0.3) is 5.91 Å². The second kappa shape index (κ2) is 12.8. The average molecular weight is 737 g/mol. The zero-order valence-corrected chi connectivity index (χ0v) is 31.7. The summed E-state index contributed by atoms with van der Waals surface area (Å²) < 4.78 is 12.4. The van der Waals surface area contributed by atoms with Crippen molar-refractivity contribution in [2.75, 3.05) is 18.1 Å². The Balaban J connectivity index is 1.27. The van der Waals surface area contributed by atoms with E-state index in [1.165, 1.54) is 0 Å². The van der Waals surface area contributed by atoms with Gasteiger partial charge in [-0.15, -0.1) is 10.2 Å². The maximum atomic E-state index is 15.1. The number of nitrogens with one attached hydrogen (secondary N) is 1. The van der Waals surface area contributed by atoms with Gasteiger partial charge in [0, 0.05) is 71.1 Å². The van der Waals surface area contributed by atoms with Crippen LogP contribution in [0.1, 0.15) is 58.0 Å². The zero-order valence-electron chi connectivity index (χ0n) is 30.2. The van der Waals surface area contributed by atoms with E-state index in [-0.39, 0.29) is 11.9 Å². The molecule has 3 aromatic carbocycles. The van der Waals surface area contributed by atoms with Gasteiger partial charge in [0.1, 0.15) is 11.4 Å². The summed E-state index contributed by atoms with van der Waals surface area (Å²) in [7, 11) is 3.92. The molecule has 0 saturated carbocycles. The van der Waals surface area contributed by atoms with Gasteiger partial charge in [-0.25, -0.2) is 0 Å². The summed E-state index contributed by atoms with van der Waals surface area (Å²) in [5, 5.41) is 22.9. The van der Waals surface area contributed by atoms with Gasteiger partial charge in [-0.05, 0) is 93.6 Å². The molecule has 0 unspecified atom stereocenters. The number of carbonyl (C=O) groups is 1. The monoisotopic (exact) mass is 735 g/mol. The first kappa shape index (κ1) is 34.0. The molecule has 0 bridgehead atoms. The number of hydrogen-bond donors (Lipinski definition) is 1. The topological polar surface area (TPSA) is 112 Å². The fourth-order valence-electron chi connectivity index (χ4n) is 8.06. The number of hydrogen-bond acceptors (Lipinski definition) is 6. The van der Waals surface area contributed by atoms with Crippen molar-refractivity contribution in [3.63, 3.8) is 0 Å². The van der Waals surface area contributed by atoms with Crippen molar-refractivity contribution in [2.45, 2.75) is 53.5 Å². The van der Waals surface area contributed by atoms with Crippen molar-refractivity contribution in [3.05, 3.63) is 92.5 Å². The van der Waals surface area contributed by atoms with E-state index < -0.39 is 0 Å². The Morgan fingerprint density at radius 3 is 2.44 bits per heavy atom. The van der Waals surface area contributed by atoms with Crippen LogP contribution in [0.5, 0.6) is 5.75 Å². The average Bonchev–Trinajstić information content (AvgIpc) is 3.89. The van der Waals surface area contributed by atoms with E-state index >= 15 is 4.79 Å². The molecule has 1 aliphatic heterocycles. The Morgan fingerprint density at radius 2 is 1.75 bits per heavy atom. The normalized spacial score (nSPS) is 14.6. The van der Waals surface area contributed by atoms with E-state index in [2.05, 4.69) is 45.1 Å². The Kier molecular flexibility index (Phi) is 8.38. The van der Waals surface area contributed by atoms with Crippen LogP contribution in [0, 0.1) is 27.7 Å². The fourth-order valence-corrected chi connectivity index (χ4v) is 8.41. The van der Waals surface area contributed by atoms with Crippen LogP contribution in [0.4, 0.5) is 5.69 Å². The summed E-state index contributed by atoms with van der Waals surface area (Å²) in [4.78, 5) is 17.0. The lowest BCUT2D eigenvalue weighted by molar-refractivity contribution is 0.0957. The van der Waals surface area contributed by atoms with E-state index in [1.54, 1.807) is 0 Å². The predicted octanol–water partition coefficient (Wildman–Crippen LogP) is 8.49. The van der Waals surface area contributed by atoms with Crippen molar-refractivity contribution >= 4 is 56.6 Å². The smallest absolute Gasteiger partial charge is 0.275 e. The summed E-state index contributed by atoms with van der Waals surface area (Å²) in [6.45, 7) is 11.1. The minimum Gasteiger partial charge on any atom is -0.494 e. The van der Waals surface area contributed by atoms with Gasteiger partial charge in [0.15, 0.2) is 0 Å². The third-order valence-corrected chi connectivity index (χ3v) is 11.3. The van der Waals surface area contributed by atoms with Crippen LogP contribution < -0.4 is 9.64 Å².